The van der Waals surface area contributed by atoms with E-state index in [0.717, 1.165) is 44.9 Å². The lowest BCUT2D eigenvalue weighted by atomic mass is 9.96. The van der Waals surface area contributed by atoms with Gasteiger partial charge in [0.05, 0.1) is 7.11 Å². The molecule has 1 heterocycles. The van der Waals surface area contributed by atoms with Crippen LogP contribution in [0.25, 0.3) is 22.3 Å². The largest absolute Gasteiger partial charge is 0.489 e. The predicted octanol–water partition coefficient (Wildman–Crippen LogP) is 7.29. The van der Waals surface area contributed by atoms with Gasteiger partial charge in [0, 0.05) is 17.3 Å². The molecule has 0 amide bonds. The van der Waals surface area contributed by atoms with E-state index in [1.165, 1.54) is 7.11 Å². The van der Waals surface area contributed by atoms with Gasteiger partial charge in [-0.15, -0.1) is 0 Å². The third-order valence-electron chi connectivity index (χ3n) is 6.07. The summed E-state index contributed by atoms with van der Waals surface area (Å²) in [6.07, 6.45) is 1.83. The van der Waals surface area contributed by atoms with Gasteiger partial charge in [0.1, 0.15) is 30.4 Å². The molecule has 0 aliphatic carbocycles. The normalized spacial score (nSPS) is 10.6. The molecule has 0 fully saturated rings. The third-order valence-corrected chi connectivity index (χ3v) is 6.07. The van der Waals surface area contributed by atoms with Crippen LogP contribution in [-0.4, -0.2) is 18.1 Å². The lowest BCUT2D eigenvalue weighted by Gasteiger charge is -2.11. The zero-order valence-electron chi connectivity index (χ0n) is 20.5. The summed E-state index contributed by atoms with van der Waals surface area (Å²) in [4.78, 5) is 15.7. The number of carbonyl (C=O) groups is 1. The van der Waals surface area contributed by atoms with Crippen molar-refractivity contribution in [2.45, 2.75) is 13.2 Å². The average Bonchev–Trinajstić information content (AvgIpc) is 3.41. The summed E-state index contributed by atoms with van der Waals surface area (Å²) in [5.74, 6) is 1.11. The first-order chi connectivity index (χ1) is 18.2. The molecule has 0 saturated heterocycles. The molecule has 0 aliphatic heterocycles. The van der Waals surface area contributed by atoms with E-state index in [1.807, 2.05) is 115 Å². The summed E-state index contributed by atoms with van der Waals surface area (Å²) in [6, 6.07) is 35.7. The maximum absolute atomic E-state index is 12.6. The highest BCUT2D eigenvalue weighted by molar-refractivity contribution is 6.01. The molecule has 5 rings (SSSR count). The Morgan fingerprint density at radius 1 is 0.649 bits per heavy atom. The molecular formula is C32H27NO4. The van der Waals surface area contributed by atoms with Gasteiger partial charge in [-0.1, -0.05) is 84.9 Å². The topological polar surface area (TPSA) is 60.6 Å². The van der Waals surface area contributed by atoms with Crippen molar-refractivity contribution in [3.63, 3.8) is 0 Å². The van der Waals surface area contributed by atoms with Crippen LogP contribution in [0.2, 0.25) is 0 Å². The van der Waals surface area contributed by atoms with E-state index in [9.17, 15) is 4.79 Å². The Labute approximate surface area is 216 Å². The Hall–Kier alpha value is -4.77. The molecule has 5 heteroatoms. The number of H-pyrrole nitrogens is 1. The van der Waals surface area contributed by atoms with E-state index in [-0.39, 0.29) is 0 Å². The standard InChI is InChI=1S/C32H27NO4/c1-35-32(34)31-30(26-14-18-28(19-15-26)37-22-24-10-6-3-7-11-24)29(20-33-31)25-12-16-27(17-13-25)36-21-23-8-4-2-5-9-23/h2-20,33H,21-22H2,1H3. The SMILES string of the molecule is COC(=O)c1[nH]cc(-c2ccc(OCc3ccccc3)cc2)c1-c1ccc(OCc2ccccc2)cc1. The molecule has 0 spiro atoms. The van der Waals surface area contributed by atoms with Crippen molar-refractivity contribution in [2.24, 2.45) is 0 Å². The highest BCUT2D eigenvalue weighted by Crippen LogP contribution is 2.37. The van der Waals surface area contributed by atoms with Crippen molar-refractivity contribution in [3.8, 4) is 33.8 Å². The predicted molar refractivity (Wildman–Crippen MR) is 145 cm³/mol. The highest BCUT2D eigenvalue weighted by Gasteiger charge is 2.21. The first kappa shape index (κ1) is 23.9. The number of hydrogen-bond acceptors (Lipinski definition) is 4. The van der Waals surface area contributed by atoms with Crippen LogP contribution in [0.5, 0.6) is 11.5 Å². The van der Waals surface area contributed by atoms with Crippen LogP contribution in [0.15, 0.2) is 115 Å². The van der Waals surface area contributed by atoms with Gasteiger partial charge in [0.25, 0.3) is 0 Å². The fourth-order valence-corrected chi connectivity index (χ4v) is 4.14. The Kier molecular flexibility index (Phi) is 7.32. The summed E-state index contributed by atoms with van der Waals surface area (Å²) < 4.78 is 16.9. The maximum Gasteiger partial charge on any atom is 0.355 e. The van der Waals surface area contributed by atoms with Gasteiger partial charge in [0.2, 0.25) is 0 Å². The van der Waals surface area contributed by atoms with Gasteiger partial charge in [-0.05, 0) is 46.5 Å². The molecule has 0 atom stereocenters. The number of esters is 1. The van der Waals surface area contributed by atoms with Crippen molar-refractivity contribution in [1.29, 1.82) is 0 Å². The molecule has 0 saturated carbocycles. The molecular weight excluding hydrogens is 462 g/mol. The first-order valence-electron chi connectivity index (χ1n) is 12.1. The zero-order chi connectivity index (χ0) is 25.5. The van der Waals surface area contributed by atoms with E-state index in [4.69, 9.17) is 14.2 Å². The number of rotatable bonds is 9. The number of methoxy groups -OCH3 is 1. The molecule has 0 unspecified atom stereocenters. The van der Waals surface area contributed by atoms with Crippen molar-refractivity contribution >= 4 is 5.97 Å². The van der Waals surface area contributed by atoms with Crippen LogP contribution >= 0.6 is 0 Å². The van der Waals surface area contributed by atoms with Gasteiger partial charge < -0.3 is 19.2 Å². The molecule has 0 radical (unpaired) electrons. The number of aromatic amines is 1. The van der Waals surface area contributed by atoms with E-state index in [0.29, 0.717) is 18.9 Å². The summed E-state index contributed by atoms with van der Waals surface area (Å²) in [5.41, 5.74) is 6.13. The van der Waals surface area contributed by atoms with Gasteiger partial charge in [-0.2, -0.15) is 0 Å². The molecule has 1 aromatic heterocycles. The van der Waals surface area contributed by atoms with E-state index in [2.05, 4.69) is 4.98 Å². The van der Waals surface area contributed by atoms with Gasteiger partial charge in [0.15, 0.2) is 0 Å². The molecule has 0 bridgehead atoms. The fourth-order valence-electron chi connectivity index (χ4n) is 4.14. The van der Waals surface area contributed by atoms with E-state index < -0.39 is 5.97 Å². The zero-order valence-corrected chi connectivity index (χ0v) is 20.5. The molecule has 5 aromatic rings. The maximum atomic E-state index is 12.6. The van der Waals surface area contributed by atoms with E-state index >= 15 is 0 Å². The van der Waals surface area contributed by atoms with Crippen LogP contribution < -0.4 is 9.47 Å². The molecule has 37 heavy (non-hydrogen) atoms. The van der Waals surface area contributed by atoms with Crippen molar-refractivity contribution < 1.29 is 19.0 Å². The fraction of sp³-hybridized carbons (Fsp3) is 0.0938. The molecule has 184 valence electrons. The van der Waals surface area contributed by atoms with Crippen LogP contribution in [-0.2, 0) is 18.0 Å². The first-order valence-corrected chi connectivity index (χ1v) is 12.1. The Morgan fingerprint density at radius 2 is 1.14 bits per heavy atom. The second-order valence-corrected chi connectivity index (χ2v) is 8.54. The number of ether oxygens (including phenoxy) is 3. The van der Waals surface area contributed by atoms with Gasteiger partial charge in [-0.3, -0.25) is 0 Å². The van der Waals surface area contributed by atoms with Crippen molar-refractivity contribution in [3.05, 3.63) is 132 Å². The minimum absolute atomic E-state index is 0.403. The van der Waals surface area contributed by atoms with Gasteiger partial charge in [-0.25, -0.2) is 4.79 Å². The van der Waals surface area contributed by atoms with Crippen molar-refractivity contribution in [1.82, 2.24) is 4.98 Å². The minimum Gasteiger partial charge on any atom is -0.489 e. The lowest BCUT2D eigenvalue weighted by Crippen LogP contribution is -2.03. The van der Waals surface area contributed by atoms with Gasteiger partial charge >= 0.3 is 5.97 Å². The van der Waals surface area contributed by atoms with Crippen LogP contribution in [0.3, 0.4) is 0 Å². The van der Waals surface area contributed by atoms with Crippen LogP contribution in [0.4, 0.5) is 0 Å². The second kappa shape index (κ2) is 11.3. The number of hydrogen-bond donors (Lipinski definition) is 1. The number of benzene rings is 4. The summed E-state index contributed by atoms with van der Waals surface area (Å²) in [5, 5.41) is 0. The third kappa shape index (κ3) is 5.73. The molecule has 5 nitrogen and oxygen atoms in total. The second-order valence-electron chi connectivity index (χ2n) is 8.54. The Morgan fingerprint density at radius 3 is 1.62 bits per heavy atom. The van der Waals surface area contributed by atoms with Crippen molar-refractivity contribution in [2.75, 3.05) is 7.11 Å². The van der Waals surface area contributed by atoms with E-state index in [1.54, 1.807) is 0 Å². The minimum atomic E-state index is -0.423. The number of carbonyl (C=O) groups excluding carboxylic acids is 1. The summed E-state index contributed by atoms with van der Waals surface area (Å²) in [6.45, 7) is 0.989. The van der Waals surface area contributed by atoms with Crippen LogP contribution in [0, 0.1) is 0 Å². The smallest absolute Gasteiger partial charge is 0.355 e. The molecule has 1 N–H and O–H groups in total. The molecule has 0 aliphatic rings. The quantitative estimate of drug-likeness (QED) is 0.221. The monoisotopic (exact) mass is 489 g/mol. The Balaban J connectivity index is 1.37. The highest BCUT2D eigenvalue weighted by atomic mass is 16.5. The number of aromatic nitrogens is 1. The summed E-state index contributed by atoms with van der Waals surface area (Å²) >= 11 is 0. The molecule has 4 aromatic carbocycles. The summed E-state index contributed by atoms with van der Waals surface area (Å²) in [7, 11) is 1.38. The lowest BCUT2D eigenvalue weighted by molar-refractivity contribution is 0.0595. The average molecular weight is 490 g/mol. The number of nitrogens with one attached hydrogen (secondary N) is 1. The Bertz CT molecular complexity index is 1440. The van der Waals surface area contributed by atoms with Crippen LogP contribution in [0.1, 0.15) is 21.6 Å².